The smallest absolute Gasteiger partial charge is 0.325 e. The minimum atomic E-state index is -1.01. The molecule has 17 heavy (non-hydrogen) atoms. The second kappa shape index (κ2) is 4.37. The maximum atomic E-state index is 13.7. The van der Waals surface area contributed by atoms with Crippen molar-refractivity contribution in [1.82, 2.24) is 4.98 Å². The van der Waals surface area contributed by atoms with Crippen LogP contribution in [0.4, 0.5) is 10.2 Å². The molecular weight excluding hydrogens is 223 g/mol. The number of halogens is 1. The summed E-state index contributed by atoms with van der Waals surface area (Å²) in [6.45, 7) is 1.48. The van der Waals surface area contributed by atoms with Gasteiger partial charge in [-0.05, 0) is 24.4 Å². The zero-order chi connectivity index (χ0) is 12.4. The Morgan fingerprint density at radius 2 is 2.24 bits per heavy atom. The Bertz CT molecular complexity index is 566. The molecule has 2 N–H and O–H groups in total. The van der Waals surface area contributed by atoms with Crippen LogP contribution in [-0.4, -0.2) is 22.1 Å². The van der Waals surface area contributed by atoms with Crippen molar-refractivity contribution in [2.45, 2.75) is 13.0 Å². The Kier molecular flexibility index (Phi) is 2.91. The van der Waals surface area contributed by atoms with E-state index in [4.69, 9.17) is 5.11 Å². The molecule has 2 rings (SSSR count). The summed E-state index contributed by atoms with van der Waals surface area (Å²) in [6.07, 6.45) is 1.51. The van der Waals surface area contributed by atoms with Crippen molar-refractivity contribution in [3.63, 3.8) is 0 Å². The third-order valence-electron chi connectivity index (χ3n) is 2.46. The molecule has 0 spiro atoms. The predicted octanol–water partition coefficient (Wildman–Crippen LogP) is 2.26. The van der Waals surface area contributed by atoms with E-state index in [1.54, 1.807) is 18.2 Å². The molecule has 1 atom stereocenters. The van der Waals surface area contributed by atoms with Gasteiger partial charge in [-0.3, -0.25) is 4.79 Å². The lowest BCUT2D eigenvalue weighted by molar-refractivity contribution is -0.137. The van der Waals surface area contributed by atoms with Crippen molar-refractivity contribution in [1.29, 1.82) is 0 Å². The van der Waals surface area contributed by atoms with E-state index in [0.29, 0.717) is 10.8 Å². The van der Waals surface area contributed by atoms with Crippen LogP contribution >= 0.6 is 0 Å². The van der Waals surface area contributed by atoms with Crippen LogP contribution in [0.2, 0.25) is 0 Å². The summed E-state index contributed by atoms with van der Waals surface area (Å²) in [5, 5.41) is 12.5. The lowest BCUT2D eigenvalue weighted by Crippen LogP contribution is -2.26. The van der Waals surface area contributed by atoms with Gasteiger partial charge in [-0.25, -0.2) is 9.37 Å². The highest BCUT2D eigenvalue weighted by Gasteiger charge is 2.14. The fourth-order valence-electron chi connectivity index (χ4n) is 1.56. The first kappa shape index (κ1) is 11.3. The largest absolute Gasteiger partial charge is 0.480 e. The number of hydrogen-bond donors (Lipinski definition) is 2. The van der Waals surface area contributed by atoms with Gasteiger partial charge in [-0.1, -0.05) is 12.1 Å². The number of pyridine rings is 1. The van der Waals surface area contributed by atoms with E-state index in [9.17, 15) is 9.18 Å². The second-order valence-corrected chi connectivity index (χ2v) is 3.70. The van der Waals surface area contributed by atoms with Gasteiger partial charge in [0.15, 0.2) is 0 Å². The number of aliphatic carboxylic acids is 1. The van der Waals surface area contributed by atoms with E-state index in [1.807, 2.05) is 0 Å². The van der Waals surface area contributed by atoms with E-state index >= 15 is 0 Å². The minimum Gasteiger partial charge on any atom is -0.480 e. The van der Waals surface area contributed by atoms with Crippen LogP contribution in [-0.2, 0) is 4.79 Å². The van der Waals surface area contributed by atoms with Gasteiger partial charge >= 0.3 is 5.97 Å². The number of anilines is 1. The number of fused-ring (bicyclic) bond motifs is 1. The van der Waals surface area contributed by atoms with Gasteiger partial charge in [-0.2, -0.15) is 0 Å². The highest BCUT2D eigenvalue weighted by molar-refractivity contribution is 5.93. The van der Waals surface area contributed by atoms with Crippen molar-refractivity contribution < 1.29 is 14.3 Å². The van der Waals surface area contributed by atoms with Gasteiger partial charge < -0.3 is 10.4 Å². The lowest BCUT2D eigenvalue weighted by Gasteiger charge is -2.12. The van der Waals surface area contributed by atoms with E-state index in [1.165, 1.54) is 19.2 Å². The molecule has 0 saturated heterocycles. The Morgan fingerprint density at radius 1 is 1.47 bits per heavy atom. The molecule has 0 saturated carbocycles. The minimum absolute atomic E-state index is 0.246. The monoisotopic (exact) mass is 234 g/mol. The van der Waals surface area contributed by atoms with Crippen molar-refractivity contribution >= 4 is 22.6 Å². The third-order valence-corrected chi connectivity index (χ3v) is 2.46. The maximum Gasteiger partial charge on any atom is 0.325 e. The molecule has 5 heteroatoms. The normalized spacial score (nSPS) is 12.4. The van der Waals surface area contributed by atoms with Crippen LogP contribution < -0.4 is 5.32 Å². The standard InChI is InChI=1S/C12H11FN2O2/c1-7(12(16)17)15-11-10-8(5-6-14-11)3-2-4-9(10)13/h2-7H,1H3,(H,14,15)(H,16,17). The van der Waals surface area contributed by atoms with Crippen molar-refractivity contribution in [3.05, 3.63) is 36.3 Å². The maximum absolute atomic E-state index is 13.7. The molecule has 88 valence electrons. The summed E-state index contributed by atoms with van der Waals surface area (Å²) in [7, 11) is 0. The van der Waals surface area contributed by atoms with Crippen molar-refractivity contribution in [3.8, 4) is 0 Å². The zero-order valence-electron chi connectivity index (χ0n) is 9.14. The first-order valence-corrected chi connectivity index (χ1v) is 5.12. The zero-order valence-corrected chi connectivity index (χ0v) is 9.14. The van der Waals surface area contributed by atoms with E-state index in [2.05, 4.69) is 10.3 Å². The summed E-state index contributed by atoms with van der Waals surface area (Å²) >= 11 is 0. The van der Waals surface area contributed by atoms with Crippen LogP contribution in [0, 0.1) is 5.82 Å². The number of carbonyl (C=O) groups is 1. The number of aromatic nitrogens is 1. The molecule has 4 nitrogen and oxygen atoms in total. The average Bonchev–Trinajstić information content (AvgIpc) is 2.29. The van der Waals surface area contributed by atoms with Crippen LogP contribution in [0.15, 0.2) is 30.5 Å². The molecule has 0 aliphatic heterocycles. The van der Waals surface area contributed by atoms with Crippen LogP contribution in [0.1, 0.15) is 6.92 Å². The van der Waals surface area contributed by atoms with Crippen molar-refractivity contribution in [2.75, 3.05) is 5.32 Å². The fraction of sp³-hybridized carbons (Fsp3) is 0.167. The van der Waals surface area contributed by atoms with Gasteiger partial charge in [0.25, 0.3) is 0 Å². The molecule has 1 heterocycles. The van der Waals surface area contributed by atoms with Gasteiger partial charge in [0.2, 0.25) is 0 Å². The molecule has 1 aromatic carbocycles. The summed E-state index contributed by atoms with van der Waals surface area (Å²) in [5.41, 5.74) is 0. The van der Waals surface area contributed by atoms with E-state index in [0.717, 1.165) is 0 Å². The average molecular weight is 234 g/mol. The Hall–Kier alpha value is -2.17. The molecule has 2 aromatic rings. The number of carboxylic acid groups (broad SMARTS) is 1. The van der Waals surface area contributed by atoms with Gasteiger partial charge in [0, 0.05) is 6.20 Å². The number of hydrogen-bond acceptors (Lipinski definition) is 3. The fourth-order valence-corrected chi connectivity index (χ4v) is 1.56. The topological polar surface area (TPSA) is 62.2 Å². The quantitative estimate of drug-likeness (QED) is 0.855. The molecule has 0 fully saturated rings. The van der Waals surface area contributed by atoms with Crippen LogP contribution in [0.5, 0.6) is 0 Å². The molecule has 0 radical (unpaired) electrons. The van der Waals surface area contributed by atoms with Crippen molar-refractivity contribution in [2.24, 2.45) is 0 Å². The Balaban J connectivity index is 2.50. The molecule has 1 unspecified atom stereocenters. The van der Waals surface area contributed by atoms with E-state index in [-0.39, 0.29) is 5.82 Å². The summed E-state index contributed by atoms with van der Waals surface area (Å²) in [5.74, 6) is -1.19. The Morgan fingerprint density at radius 3 is 2.94 bits per heavy atom. The summed E-state index contributed by atoms with van der Waals surface area (Å²) in [6, 6.07) is 5.52. The van der Waals surface area contributed by atoms with Gasteiger partial charge in [0.05, 0.1) is 5.39 Å². The van der Waals surface area contributed by atoms with Crippen LogP contribution in [0.25, 0.3) is 10.8 Å². The molecule has 0 amide bonds. The number of benzene rings is 1. The number of rotatable bonds is 3. The summed E-state index contributed by atoms with van der Waals surface area (Å²) < 4.78 is 13.7. The SMILES string of the molecule is CC(Nc1nccc2cccc(F)c12)C(=O)O. The second-order valence-electron chi connectivity index (χ2n) is 3.70. The number of carboxylic acids is 1. The molecule has 0 aliphatic carbocycles. The Labute approximate surface area is 97.1 Å². The lowest BCUT2D eigenvalue weighted by atomic mass is 10.1. The van der Waals surface area contributed by atoms with E-state index < -0.39 is 17.8 Å². The first-order valence-electron chi connectivity index (χ1n) is 5.12. The summed E-state index contributed by atoms with van der Waals surface area (Å²) in [4.78, 5) is 14.7. The van der Waals surface area contributed by atoms with Gasteiger partial charge in [-0.15, -0.1) is 0 Å². The highest BCUT2D eigenvalue weighted by Crippen LogP contribution is 2.24. The van der Waals surface area contributed by atoms with Gasteiger partial charge in [0.1, 0.15) is 17.7 Å². The van der Waals surface area contributed by atoms with Crippen LogP contribution in [0.3, 0.4) is 0 Å². The number of nitrogens with one attached hydrogen (secondary N) is 1. The molecular formula is C12H11FN2O2. The first-order chi connectivity index (χ1) is 8.09. The third kappa shape index (κ3) is 2.18. The molecule has 0 aliphatic rings. The molecule has 0 bridgehead atoms. The predicted molar refractivity (Wildman–Crippen MR) is 62.4 cm³/mol. The number of nitrogens with zero attached hydrogens (tertiary/aromatic N) is 1. The molecule has 1 aromatic heterocycles. The highest BCUT2D eigenvalue weighted by atomic mass is 19.1.